The third kappa shape index (κ3) is 1770. The van der Waals surface area contributed by atoms with Gasteiger partial charge < -0.3 is 26.2 Å². The molecule has 0 spiro atoms. The maximum atomic E-state index is 3.49. The van der Waals surface area contributed by atoms with E-state index < -0.39 is 0 Å². The fraction of sp³-hybridized carbons (Fsp3) is 0.667. The van der Waals surface area contributed by atoms with Crippen molar-refractivity contribution in [2.24, 2.45) is 0 Å². The van der Waals surface area contributed by atoms with Gasteiger partial charge in [-0.1, -0.05) is 20.8 Å². The molecule has 0 aliphatic heterocycles. The van der Waals surface area contributed by atoms with Crippen LogP contribution in [0.3, 0.4) is 0 Å². The fourth-order valence-corrected chi connectivity index (χ4v) is 0. The van der Waals surface area contributed by atoms with Gasteiger partial charge in [0.05, 0.1) is 0 Å². The van der Waals surface area contributed by atoms with Crippen LogP contribution in [0.25, 0.3) is 0 Å². The van der Waals surface area contributed by atoms with E-state index in [1.807, 2.05) is 20.8 Å². The molecule has 11 heavy (non-hydrogen) atoms. The van der Waals surface area contributed by atoms with Crippen molar-refractivity contribution < 1.29 is 27.2 Å². The number of rotatable bonds is 0. The van der Waals surface area contributed by atoms with Crippen molar-refractivity contribution in [1.29, 1.82) is 0 Å². The predicted molar refractivity (Wildman–Crippen MR) is 50.6 cm³/mol. The summed E-state index contributed by atoms with van der Waals surface area (Å²) in [5, 5.41) is 0. The van der Waals surface area contributed by atoms with Crippen LogP contribution >= 0.6 is 0 Å². The molecule has 0 amide bonds. The molecule has 2 N–H and O–H groups in total. The van der Waals surface area contributed by atoms with Gasteiger partial charge in [-0.25, -0.2) is 0 Å². The number of hydrogen-bond acceptors (Lipinski definition) is 0. The molecule has 0 atom stereocenters. The Bertz CT molecular complexity index is 14.3. The van der Waals surface area contributed by atoms with Crippen LogP contribution in [0.15, 0.2) is 0 Å². The van der Waals surface area contributed by atoms with E-state index in [1.54, 1.807) is 0 Å². The summed E-state index contributed by atoms with van der Waals surface area (Å²) in [7, 11) is 0. The molecule has 0 aromatic heterocycles. The van der Waals surface area contributed by atoms with Gasteiger partial charge in [0.1, 0.15) is 0 Å². The second-order valence-electron chi connectivity index (χ2n) is 1.50. The van der Waals surface area contributed by atoms with Crippen molar-refractivity contribution in [2.45, 2.75) is 40.0 Å². The van der Waals surface area contributed by atoms with Gasteiger partial charge >= 0.3 is 21.7 Å². The SMILES string of the molecule is O.[CH2-]CC.[CH2-]CC.[CH2-]CC.[Ti+3]. The molecule has 0 aromatic rings. The Labute approximate surface area is 88.2 Å². The molecule has 0 aliphatic rings. The van der Waals surface area contributed by atoms with Crippen LogP contribution in [0.2, 0.25) is 0 Å². The topological polar surface area (TPSA) is 31.5 Å². The van der Waals surface area contributed by atoms with Crippen molar-refractivity contribution in [3.8, 4) is 0 Å². The van der Waals surface area contributed by atoms with Gasteiger partial charge in [0.25, 0.3) is 0 Å². The Hall–Kier alpha value is 0.674. The van der Waals surface area contributed by atoms with Gasteiger partial charge in [0.2, 0.25) is 0 Å². The molecule has 0 rings (SSSR count). The molecule has 0 fully saturated rings. The van der Waals surface area contributed by atoms with E-state index in [2.05, 4.69) is 20.8 Å². The normalized spacial score (nSPS) is 4.91. The first-order valence-electron chi connectivity index (χ1n) is 3.62. The van der Waals surface area contributed by atoms with Crippen LogP contribution in [0.5, 0.6) is 0 Å². The first kappa shape index (κ1) is 29.9. The minimum atomic E-state index is 0. The molecule has 1 nitrogen and oxygen atoms in total. The molecule has 0 aromatic carbocycles. The van der Waals surface area contributed by atoms with Crippen molar-refractivity contribution in [3.05, 3.63) is 20.8 Å². The average Bonchev–Trinajstić information content (AvgIpc) is 1.70. The molecule has 0 saturated heterocycles. The zero-order chi connectivity index (χ0) is 8.12. The van der Waals surface area contributed by atoms with Crippen LogP contribution in [0.4, 0.5) is 0 Å². The summed E-state index contributed by atoms with van der Waals surface area (Å²) in [5.74, 6) is 0. The van der Waals surface area contributed by atoms with E-state index in [9.17, 15) is 0 Å². The zero-order valence-corrected chi connectivity index (χ0v) is 9.80. The fourth-order valence-electron chi connectivity index (χ4n) is 0. The van der Waals surface area contributed by atoms with Crippen molar-refractivity contribution in [3.63, 3.8) is 0 Å². The number of hydrogen-bond donors (Lipinski definition) is 0. The molecule has 1 radical (unpaired) electrons. The Morgan fingerprint density at radius 3 is 0.727 bits per heavy atom. The van der Waals surface area contributed by atoms with E-state index >= 15 is 0 Å². The van der Waals surface area contributed by atoms with Crippen molar-refractivity contribution >= 4 is 0 Å². The van der Waals surface area contributed by atoms with E-state index in [0.717, 1.165) is 19.3 Å². The van der Waals surface area contributed by atoms with Crippen molar-refractivity contribution in [2.75, 3.05) is 0 Å². The largest absolute Gasteiger partial charge is 3.00 e. The van der Waals surface area contributed by atoms with Gasteiger partial charge in [-0.15, -0.1) is 0 Å². The van der Waals surface area contributed by atoms with Gasteiger partial charge in [0.15, 0.2) is 0 Å². The standard InChI is InChI=1S/3C3H7.H2O.Ti/c3*1-3-2;;/h3*1,3H2,2H3;1H2;/q3*-1;;+3. The Morgan fingerprint density at radius 2 is 0.727 bits per heavy atom. The van der Waals surface area contributed by atoms with Crippen LogP contribution in [0.1, 0.15) is 40.0 Å². The third-order valence-electron chi connectivity index (χ3n) is 0. The summed E-state index contributed by atoms with van der Waals surface area (Å²) < 4.78 is 0. The summed E-state index contributed by atoms with van der Waals surface area (Å²) in [6, 6.07) is 0. The van der Waals surface area contributed by atoms with Crippen LogP contribution in [-0.4, -0.2) is 5.48 Å². The van der Waals surface area contributed by atoms with E-state index in [4.69, 9.17) is 0 Å². The second-order valence-corrected chi connectivity index (χ2v) is 1.50. The molecule has 2 heteroatoms. The van der Waals surface area contributed by atoms with Crippen molar-refractivity contribution in [1.82, 2.24) is 0 Å². The Balaban J connectivity index is -0.0000000150. The van der Waals surface area contributed by atoms with Gasteiger partial charge in [0, 0.05) is 0 Å². The van der Waals surface area contributed by atoms with Crippen LogP contribution < -0.4 is 0 Å². The molecular weight excluding hydrogens is 172 g/mol. The summed E-state index contributed by atoms with van der Waals surface area (Å²) in [5.41, 5.74) is 0. The zero-order valence-electron chi connectivity index (χ0n) is 8.24. The quantitative estimate of drug-likeness (QED) is 0.420. The minimum Gasteiger partial charge on any atom is -0.412 e. The molecule has 0 heterocycles. The molecular formula is C9H23OTi. The summed E-state index contributed by atoms with van der Waals surface area (Å²) in [6.45, 7) is 16.5. The maximum absolute atomic E-state index is 3.49. The van der Waals surface area contributed by atoms with E-state index in [1.165, 1.54) is 0 Å². The minimum absolute atomic E-state index is 0. The molecule has 0 unspecified atom stereocenters. The predicted octanol–water partition coefficient (Wildman–Crippen LogP) is 2.86. The Morgan fingerprint density at radius 1 is 0.727 bits per heavy atom. The smallest absolute Gasteiger partial charge is 0.412 e. The Kier molecular flexibility index (Phi) is 201. The van der Waals surface area contributed by atoms with Gasteiger partial charge in [-0.05, 0) is 0 Å². The monoisotopic (exact) mass is 195 g/mol. The first-order valence-corrected chi connectivity index (χ1v) is 3.62. The summed E-state index contributed by atoms with van der Waals surface area (Å²) in [4.78, 5) is 0. The molecule has 69 valence electrons. The molecule has 0 aliphatic carbocycles. The second kappa shape index (κ2) is 74.0. The van der Waals surface area contributed by atoms with Crippen LogP contribution in [0, 0.1) is 20.8 Å². The van der Waals surface area contributed by atoms with E-state index in [-0.39, 0.29) is 27.2 Å². The summed E-state index contributed by atoms with van der Waals surface area (Å²) in [6.07, 6.45) is 3.00. The molecule has 0 saturated carbocycles. The first-order chi connectivity index (χ1) is 4.24. The summed E-state index contributed by atoms with van der Waals surface area (Å²) >= 11 is 0. The maximum Gasteiger partial charge on any atom is 3.00 e. The van der Waals surface area contributed by atoms with E-state index in [0.29, 0.717) is 0 Å². The van der Waals surface area contributed by atoms with Gasteiger partial charge in [-0.2, -0.15) is 19.3 Å². The third-order valence-corrected chi connectivity index (χ3v) is 0. The average molecular weight is 195 g/mol. The van der Waals surface area contributed by atoms with Gasteiger partial charge in [-0.3, -0.25) is 0 Å². The van der Waals surface area contributed by atoms with Crippen LogP contribution in [-0.2, 0) is 21.7 Å². The molecule has 0 bridgehead atoms.